The summed E-state index contributed by atoms with van der Waals surface area (Å²) in [5.74, 6) is 0. The van der Waals surface area contributed by atoms with Crippen molar-refractivity contribution in [2.45, 2.75) is 37.6 Å². The minimum absolute atomic E-state index is 0.134. The maximum absolute atomic E-state index is 13.1. The summed E-state index contributed by atoms with van der Waals surface area (Å²) in [5, 5.41) is 40.3. The van der Waals surface area contributed by atoms with Crippen LogP contribution in [0.5, 0.6) is 0 Å². The van der Waals surface area contributed by atoms with Crippen molar-refractivity contribution < 1.29 is 42.8 Å². The highest BCUT2D eigenvalue weighted by Gasteiger charge is 2.34. The van der Waals surface area contributed by atoms with Gasteiger partial charge in [-0.2, -0.15) is 13.2 Å². The number of rotatable bonds is 8. The first-order valence-corrected chi connectivity index (χ1v) is 8.21. The molecule has 1 aromatic heterocycles. The number of hydrogen-bond acceptors (Lipinski definition) is 8. The van der Waals surface area contributed by atoms with Crippen molar-refractivity contribution in [2.75, 3.05) is 18.5 Å². The summed E-state index contributed by atoms with van der Waals surface area (Å²) in [7, 11) is 0. The summed E-state index contributed by atoms with van der Waals surface area (Å²) in [4.78, 5) is 11.4. The van der Waals surface area contributed by atoms with Crippen LogP contribution in [0, 0.1) is 0 Å². The molecule has 0 aliphatic carbocycles. The molecule has 0 fully saturated rings. The van der Waals surface area contributed by atoms with E-state index in [0.29, 0.717) is 6.07 Å². The monoisotopic (exact) mass is 407 g/mol. The number of benzene rings is 1. The third-order valence-corrected chi connectivity index (χ3v) is 3.98. The van der Waals surface area contributed by atoms with Crippen molar-refractivity contribution >= 4 is 16.7 Å². The van der Waals surface area contributed by atoms with Crippen LogP contribution in [-0.2, 0) is 10.9 Å². The Morgan fingerprint density at radius 2 is 1.86 bits per heavy atom. The van der Waals surface area contributed by atoms with Gasteiger partial charge in [0, 0.05) is 23.2 Å². The van der Waals surface area contributed by atoms with E-state index in [1.165, 1.54) is 13.0 Å². The second kappa shape index (κ2) is 8.88. The van der Waals surface area contributed by atoms with Gasteiger partial charge in [0.1, 0.15) is 17.7 Å². The molecule has 0 amide bonds. The molecule has 0 spiro atoms. The minimum Gasteiger partial charge on any atom is -0.423 e. The van der Waals surface area contributed by atoms with Crippen LogP contribution in [-0.4, -0.2) is 58.2 Å². The fourth-order valence-electron chi connectivity index (χ4n) is 2.49. The van der Waals surface area contributed by atoms with Crippen LogP contribution in [0.4, 0.5) is 18.9 Å². The fraction of sp³-hybridized carbons (Fsp3) is 0.471. The molecule has 2 unspecified atom stereocenters. The van der Waals surface area contributed by atoms with E-state index in [1.807, 2.05) is 0 Å². The molecule has 8 nitrogen and oxygen atoms in total. The maximum Gasteiger partial charge on any atom is 0.417 e. The number of anilines is 1. The summed E-state index contributed by atoms with van der Waals surface area (Å²) >= 11 is 0. The number of hydrogen-bond donors (Lipinski definition) is 5. The van der Waals surface area contributed by atoms with Crippen LogP contribution in [0.1, 0.15) is 12.5 Å². The lowest BCUT2D eigenvalue weighted by Gasteiger charge is -2.28. The summed E-state index contributed by atoms with van der Waals surface area (Å²) < 4.78 is 49.1. The Kier molecular flexibility index (Phi) is 7.01. The second-order valence-electron chi connectivity index (χ2n) is 6.11. The topological polar surface area (TPSA) is 132 Å². The van der Waals surface area contributed by atoms with Crippen LogP contribution in [0.2, 0.25) is 0 Å². The van der Waals surface area contributed by atoms with Crippen molar-refractivity contribution in [3.05, 3.63) is 40.2 Å². The first kappa shape index (κ1) is 22.1. The average Bonchev–Trinajstić information content (AvgIpc) is 2.61. The summed E-state index contributed by atoms with van der Waals surface area (Å²) in [6.45, 7) is 0.0937. The fourth-order valence-corrected chi connectivity index (χ4v) is 2.49. The summed E-state index contributed by atoms with van der Waals surface area (Å²) in [6.07, 6.45) is -8.63. The first-order chi connectivity index (χ1) is 13.1. The van der Waals surface area contributed by atoms with Crippen molar-refractivity contribution in [2.24, 2.45) is 0 Å². The van der Waals surface area contributed by atoms with E-state index < -0.39 is 55.1 Å². The normalized spacial score (nSPS) is 16.6. The minimum atomic E-state index is -4.75. The van der Waals surface area contributed by atoms with Crippen molar-refractivity contribution in [3.63, 3.8) is 0 Å². The van der Waals surface area contributed by atoms with Crippen LogP contribution in [0.25, 0.3) is 11.0 Å². The Bertz CT molecular complexity index is 853. The van der Waals surface area contributed by atoms with E-state index in [-0.39, 0.29) is 16.7 Å². The second-order valence-corrected chi connectivity index (χ2v) is 6.11. The molecular formula is C17H20F3NO7. The molecule has 2 rings (SSSR count). The van der Waals surface area contributed by atoms with Crippen LogP contribution >= 0.6 is 0 Å². The number of alkyl halides is 3. The van der Waals surface area contributed by atoms with E-state index in [2.05, 4.69) is 5.32 Å². The third-order valence-electron chi connectivity index (χ3n) is 3.98. The van der Waals surface area contributed by atoms with Gasteiger partial charge >= 0.3 is 11.8 Å². The van der Waals surface area contributed by atoms with Gasteiger partial charge in [-0.1, -0.05) is 0 Å². The van der Waals surface area contributed by atoms with Crippen LogP contribution in [0.3, 0.4) is 0 Å². The van der Waals surface area contributed by atoms with E-state index in [1.54, 1.807) is 0 Å². The molecule has 11 heteroatoms. The molecule has 0 aliphatic rings. The lowest BCUT2D eigenvalue weighted by atomic mass is 10.1. The van der Waals surface area contributed by atoms with E-state index in [4.69, 9.17) is 14.3 Å². The molecule has 4 atom stereocenters. The van der Waals surface area contributed by atoms with Gasteiger partial charge in [0.2, 0.25) is 0 Å². The Morgan fingerprint density at radius 3 is 2.39 bits per heavy atom. The van der Waals surface area contributed by atoms with Crippen molar-refractivity contribution in [3.8, 4) is 0 Å². The molecule has 0 bridgehead atoms. The maximum atomic E-state index is 13.1. The number of aliphatic hydroxyl groups excluding tert-OH is 4. The number of aliphatic hydroxyl groups is 4. The average molecular weight is 407 g/mol. The highest BCUT2D eigenvalue weighted by molar-refractivity contribution is 5.84. The highest BCUT2D eigenvalue weighted by Crippen LogP contribution is 2.34. The van der Waals surface area contributed by atoms with Gasteiger partial charge in [0.15, 0.2) is 6.29 Å². The molecular weight excluding hydrogens is 387 g/mol. The lowest BCUT2D eigenvalue weighted by molar-refractivity contribution is -0.182. The van der Waals surface area contributed by atoms with Gasteiger partial charge in [0.05, 0.1) is 24.9 Å². The molecule has 0 saturated heterocycles. The van der Waals surface area contributed by atoms with Crippen LogP contribution in [0.15, 0.2) is 33.5 Å². The van der Waals surface area contributed by atoms with Gasteiger partial charge < -0.3 is 34.9 Å². The number of nitrogens with one attached hydrogen (secondary N) is 1. The molecule has 1 aromatic carbocycles. The van der Waals surface area contributed by atoms with Gasteiger partial charge in [-0.15, -0.1) is 0 Å². The molecule has 0 aliphatic heterocycles. The Balaban J connectivity index is 2.28. The molecule has 1 heterocycles. The SMILES string of the molecule is C[C@@H](O)C(CO)OC(O)[C@@H](CO)Nc1ccc2c(C(F)(F)F)cc(=O)oc2c1. The third kappa shape index (κ3) is 5.20. The van der Waals surface area contributed by atoms with E-state index in [0.717, 1.165) is 12.1 Å². The molecule has 156 valence electrons. The van der Waals surface area contributed by atoms with E-state index in [9.17, 15) is 33.3 Å². The standard InChI is InChI=1S/C17H20F3NO7/c1-8(24)14(7-23)28-16(26)12(6-22)21-9-2-3-10-11(17(18,19)20)5-15(25)27-13(10)4-9/h2-5,8,12,14,16,21-24,26H,6-7H2,1H3/t8-,12-,14?,16?/m1/s1. The molecule has 0 saturated carbocycles. The van der Waals surface area contributed by atoms with Gasteiger partial charge in [-0.25, -0.2) is 4.79 Å². The van der Waals surface area contributed by atoms with Gasteiger partial charge in [0.25, 0.3) is 0 Å². The van der Waals surface area contributed by atoms with Crippen molar-refractivity contribution in [1.29, 1.82) is 0 Å². The molecule has 2 aromatic rings. The zero-order valence-electron chi connectivity index (χ0n) is 14.7. The van der Waals surface area contributed by atoms with Gasteiger partial charge in [-0.3, -0.25) is 0 Å². The first-order valence-electron chi connectivity index (χ1n) is 8.21. The predicted octanol–water partition coefficient (Wildman–Crippen LogP) is 0.661. The predicted molar refractivity (Wildman–Crippen MR) is 91.6 cm³/mol. The van der Waals surface area contributed by atoms with E-state index >= 15 is 0 Å². The number of halogens is 3. The largest absolute Gasteiger partial charge is 0.423 e. The Labute approximate surface area is 156 Å². The smallest absolute Gasteiger partial charge is 0.417 e. The highest BCUT2D eigenvalue weighted by atomic mass is 19.4. The zero-order valence-corrected chi connectivity index (χ0v) is 14.7. The van der Waals surface area contributed by atoms with Crippen molar-refractivity contribution in [1.82, 2.24) is 0 Å². The Hall–Kier alpha value is -2.18. The number of ether oxygens (including phenoxy) is 1. The molecule has 28 heavy (non-hydrogen) atoms. The Morgan fingerprint density at radius 1 is 1.18 bits per heavy atom. The summed E-state index contributed by atoms with van der Waals surface area (Å²) in [6, 6.07) is 2.64. The quantitative estimate of drug-likeness (QED) is 0.319. The molecule has 0 radical (unpaired) electrons. The molecule has 5 N–H and O–H groups in total. The lowest BCUT2D eigenvalue weighted by Crippen LogP contribution is -2.44. The zero-order chi connectivity index (χ0) is 21.1. The van der Waals surface area contributed by atoms with Gasteiger partial charge in [-0.05, 0) is 19.1 Å². The summed E-state index contributed by atoms with van der Waals surface area (Å²) in [5.41, 5.74) is -2.53. The number of fused-ring (bicyclic) bond motifs is 1. The van der Waals surface area contributed by atoms with Crippen LogP contribution < -0.4 is 10.9 Å².